The van der Waals surface area contributed by atoms with Gasteiger partial charge in [0.15, 0.2) is 11.5 Å². The quantitative estimate of drug-likeness (QED) is 0.615. The van der Waals surface area contributed by atoms with Crippen LogP contribution in [0.25, 0.3) is 11.0 Å². The standard InChI is InChI=1S/C24H26N4O5/c1-32-20-11-17(3-4-19(20)29)24(31)27-13-18-21(14-27)33-9-8-28(18)22(30)5-2-15-10-16-6-7-25-23(16)26-12-15/h3-4,6-7,10-12,18,21,29H,2,5,8-9,13-14H2,1H3,(H,25,26)/t18-,21-/m1/s1. The van der Waals surface area contributed by atoms with E-state index in [-0.39, 0.29) is 35.5 Å². The van der Waals surface area contributed by atoms with Crippen LogP contribution in [0.3, 0.4) is 0 Å². The van der Waals surface area contributed by atoms with Crippen molar-refractivity contribution in [2.75, 3.05) is 33.4 Å². The van der Waals surface area contributed by atoms with Gasteiger partial charge in [-0.25, -0.2) is 4.98 Å². The Hall–Kier alpha value is -3.59. The minimum Gasteiger partial charge on any atom is -0.504 e. The summed E-state index contributed by atoms with van der Waals surface area (Å²) in [5.74, 6) is 0.112. The number of aromatic amines is 1. The van der Waals surface area contributed by atoms with Crippen LogP contribution in [0.5, 0.6) is 11.5 Å². The van der Waals surface area contributed by atoms with Gasteiger partial charge in [0.25, 0.3) is 5.91 Å². The first-order chi connectivity index (χ1) is 16.0. The summed E-state index contributed by atoms with van der Waals surface area (Å²) in [6.45, 7) is 1.81. The lowest BCUT2D eigenvalue weighted by Crippen LogP contribution is -2.53. The number of hydrogen-bond acceptors (Lipinski definition) is 6. The van der Waals surface area contributed by atoms with Crippen LogP contribution in [-0.2, 0) is 16.0 Å². The normalized spacial score (nSPS) is 20.2. The van der Waals surface area contributed by atoms with Crippen LogP contribution in [0.15, 0.2) is 42.7 Å². The van der Waals surface area contributed by atoms with Crippen LogP contribution in [0.4, 0.5) is 0 Å². The van der Waals surface area contributed by atoms with E-state index in [0.717, 1.165) is 16.6 Å². The van der Waals surface area contributed by atoms with Gasteiger partial charge in [0.1, 0.15) is 5.65 Å². The second-order valence-electron chi connectivity index (χ2n) is 8.42. The summed E-state index contributed by atoms with van der Waals surface area (Å²) in [5, 5.41) is 10.8. The lowest BCUT2D eigenvalue weighted by Gasteiger charge is -2.36. The zero-order chi connectivity index (χ0) is 22.9. The number of amides is 2. The van der Waals surface area contributed by atoms with Crippen molar-refractivity contribution >= 4 is 22.8 Å². The Bertz CT molecular complexity index is 1190. The summed E-state index contributed by atoms with van der Waals surface area (Å²) >= 11 is 0. The second-order valence-corrected chi connectivity index (χ2v) is 8.42. The molecule has 9 heteroatoms. The Kier molecular flexibility index (Phi) is 5.63. The highest BCUT2D eigenvalue weighted by Crippen LogP contribution is 2.29. The van der Waals surface area contributed by atoms with Crippen LogP contribution in [0.2, 0.25) is 0 Å². The van der Waals surface area contributed by atoms with Gasteiger partial charge in [-0.05, 0) is 42.3 Å². The first-order valence-electron chi connectivity index (χ1n) is 11.0. The molecule has 2 N–H and O–H groups in total. The molecule has 0 aliphatic carbocycles. The second kappa shape index (κ2) is 8.74. The maximum Gasteiger partial charge on any atom is 0.254 e. The molecule has 2 atom stereocenters. The Balaban J connectivity index is 1.24. The lowest BCUT2D eigenvalue weighted by molar-refractivity contribution is -0.142. The summed E-state index contributed by atoms with van der Waals surface area (Å²) in [7, 11) is 1.44. The third-order valence-corrected chi connectivity index (χ3v) is 6.42. The van der Waals surface area contributed by atoms with Gasteiger partial charge in [0.2, 0.25) is 5.91 Å². The molecule has 5 rings (SSSR count). The van der Waals surface area contributed by atoms with Gasteiger partial charge < -0.3 is 29.4 Å². The van der Waals surface area contributed by atoms with E-state index in [9.17, 15) is 14.7 Å². The van der Waals surface area contributed by atoms with Gasteiger partial charge in [0.05, 0.1) is 25.9 Å². The Morgan fingerprint density at radius 1 is 1.27 bits per heavy atom. The fraction of sp³-hybridized carbons (Fsp3) is 0.375. The molecule has 2 saturated heterocycles. The molecule has 2 aromatic heterocycles. The number of pyridine rings is 1. The molecule has 2 fully saturated rings. The van der Waals surface area contributed by atoms with Gasteiger partial charge in [-0.15, -0.1) is 0 Å². The number of likely N-dealkylation sites (tertiary alicyclic amines) is 1. The number of hydrogen-bond donors (Lipinski definition) is 2. The Labute approximate surface area is 190 Å². The predicted molar refractivity (Wildman–Crippen MR) is 120 cm³/mol. The van der Waals surface area contributed by atoms with Crippen LogP contribution in [-0.4, -0.2) is 82.2 Å². The van der Waals surface area contributed by atoms with E-state index in [2.05, 4.69) is 16.0 Å². The lowest BCUT2D eigenvalue weighted by atomic mass is 10.1. The van der Waals surface area contributed by atoms with Crippen molar-refractivity contribution in [3.05, 3.63) is 53.9 Å². The van der Waals surface area contributed by atoms with E-state index in [1.807, 2.05) is 17.2 Å². The topological polar surface area (TPSA) is 108 Å². The minimum atomic E-state index is -0.205. The molecular formula is C24H26N4O5. The van der Waals surface area contributed by atoms with Crippen molar-refractivity contribution < 1.29 is 24.2 Å². The number of phenols is 1. The monoisotopic (exact) mass is 450 g/mol. The highest BCUT2D eigenvalue weighted by atomic mass is 16.5. The van der Waals surface area contributed by atoms with E-state index in [4.69, 9.17) is 9.47 Å². The van der Waals surface area contributed by atoms with Crippen LogP contribution >= 0.6 is 0 Å². The number of rotatable bonds is 5. The summed E-state index contributed by atoms with van der Waals surface area (Å²) < 4.78 is 11.0. The number of aromatic hydroxyl groups is 1. The van der Waals surface area contributed by atoms with Crippen molar-refractivity contribution in [2.45, 2.75) is 25.0 Å². The molecule has 2 aliphatic heterocycles. The molecule has 2 aliphatic rings. The SMILES string of the molecule is COc1cc(C(=O)N2C[C@@H]3[C@@H](C2)OCCN3C(=O)CCc2cnc3[nH]ccc3c2)ccc1O. The molecule has 172 valence electrons. The van der Waals surface area contributed by atoms with E-state index >= 15 is 0 Å². The summed E-state index contributed by atoms with van der Waals surface area (Å²) in [5.41, 5.74) is 2.28. The van der Waals surface area contributed by atoms with Crippen molar-refractivity contribution in [3.63, 3.8) is 0 Å². The molecule has 0 saturated carbocycles. The van der Waals surface area contributed by atoms with Gasteiger partial charge >= 0.3 is 0 Å². The molecule has 3 aromatic rings. The van der Waals surface area contributed by atoms with Gasteiger partial charge in [-0.2, -0.15) is 0 Å². The fourth-order valence-corrected chi connectivity index (χ4v) is 4.67. The van der Waals surface area contributed by atoms with E-state index in [0.29, 0.717) is 44.6 Å². The van der Waals surface area contributed by atoms with Crippen molar-refractivity contribution in [1.29, 1.82) is 0 Å². The number of benzene rings is 1. The molecule has 33 heavy (non-hydrogen) atoms. The largest absolute Gasteiger partial charge is 0.504 e. The van der Waals surface area contributed by atoms with Crippen molar-refractivity contribution in [3.8, 4) is 11.5 Å². The minimum absolute atomic E-state index is 0.0184. The average Bonchev–Trinajstić information content (AvgIpc) is 3.48. The highest BCUT2D eigenvalue weighted by molar-refractivity contribution is 5.95. The maximum absolute atomic E-state index is 13.1. The summed E-state index contributed by atoms with van der Waals surface area (Å²) in [6.07, 6.45) is 4.43. The van der Waals surface area contributed by atoms with Crippen molar-refractivity contribution in [1.82, 2.24) is 19.8 Å². The molecule has 1 aromatic carbocycles. The Morgan fingerprint density at radius 2 is 2.15 bits per heavy atom. The van der Waals surface area contributed by atoms with Gasteiger partial charge in [0, 0.05) is 49.4 Å². The number of nitrogens with one attached hydrogen (secondary N) is 1. The first kappa shape index (κ1) is 21.3. The third kappa shape index (κ3) is 4.11. The van der Waals surface area contributed by atoms with Gasteiger partial charge in [-0.1, -0.05) is 0 Å². The third-order valence-electron chi connectivity index (χ3n) is 6.42. The number of phenolic OH excluding ortho intramolecular Hbond substituents is 1. The highest BCUT2D eigenvalue weighted by Gasteiger charge is 2.43. The number of carbonyl (C=O) groups excluding carboxylic acids is 2. The van der Waals surface area contributed by atoms with Gasteiger partial charge in [-0.3, -0.25) is 9.59 Å². The summed E-state index contributed by atoms with van der Waals surface area (Å²) in [4.78, 5) is 37.2. The van der Waals surface area contributed by atoms with Crippen molar-refractivity contribution in [2.24, 2.45) is 0 Å². The fourth-order valence-electron chi connectivity index (χ4n) is 4.67. The van der Waals surface area contributed by atoms with Crippen LogP contribution in [0, 0.1) is 0 Å². The molecule has 0 bridgehead atoms. The molecular weight excluding hydrogens is 424 g/mol. The first-order valence-corrected chi connectivity index (χ1v) is 11.0. The zero-order valence-corrected chi connectivity index (χ0v) is 18.4. The smallest absolute Gasteiger partial charge is 0.254 e. The van der Waals surface area contributed by atoms with Crippen LogP contribution in [0.1, 0.15) is 22.3 Å². The zero-order valence-electron chi connectivity index (χ0n) is 18.4. The summed E-state index contributed by atoms with van der Waals surface area (Å²) in [6, 6.07) is 8.39. The molecule has 2 amide bonds. The molecule has 0 radical (unpaired) electrons. The van der Waals surface area contributed by atoms with E-state index in [1.54, 1.807) is 17.2 Å². The molecule has 9 nitrogen and oxygen atoms in total. The Morgan fingerprint density at radius 3 is 3.00 bits per heavy atom. The number of fused-ring (bicyclic) bond motifs is 2. The molecule has 4 heterocycles. The number of nitrogens with zero attached hydrogens (tertiary/aromatic N) is 3. The number of aryl methyl sites for hydroxylation is 1. The van der Waals surface area contributed by atoms with E-state index in [1.165, 1.54) is 19.2 Å². The van der Waals surface area contributed by atoms with E-state index < -0.39 is 0 Å². The van der Waals surface area contributed by atoms with Crippen LogP contribution < -0.4 is 4.74 Å². The number of methoxy groups -OCH3 is 1. The number of carbonyl (C=O) groups is 2. The molecule has 0 unspecified atom stereocenters. The number of H-pyrrole nitrogens is 1. The number of ether oxygens (including phenoxy) is 2. The predicted octanol–water partition coefficient (Wildman–Crippen LogP) is 1.96. The number of morpholine rings is 1. The average molecular weight is 450 g/mol. The molecule has 0 spiro atoms. The maximum atomic E-state index is 13.1. The number of aromatic nitrogens is 2.